The second kappa shape index (κ2) is 11.3. The van der Waals surface area contributed by atoms with Crippen LogP contribution in [0.2, 0.25) is 0 Å². The van der Waals surface area contributed by atoms with Crippen LogP contribution in [-0.4, -0.2) is 84.3 Å². The van der Waals surface area contributed by atoms with Crippen molar-refractivity contribution in [3.8, 4) is 11.4 Å². The Kier molecular flexibility index (Phi) is 7.92. The lowest BCUT2D eigenvalue weighted by Crippen LogP contribution is -2.48. The van der Waals surface area contributed by atoms with Crippen molar-refractivity contribution in [2.45, 2.75) is 12.8 Å². The molecule has 10 heteroatoms. The highest BCUT2D eigenvalue weighted by molar-refractivity contribution is 5.88. The number of ether oxygens (including phenoxy) is 1. The van der Waals surface area contributed by atoms with E-state index in [2.05, 4.69) is 20.5 Å². The molecule has 2 aliphatic rings. The Morgan fingerprint density at radius 2 is 1.97 bits per heavy atom. The standard InChI is InChI=1S/C23H33N7O3/c24-16-18-2-1-10-28(17-18)14-15-33-20-5-3-19(4-6-20)30-11-7-21(27-23(30)32)26-22(31)29-12-8-25-9-13-29/h3-7,11,18,25H,1-2,8-10,12-17,24H2,(H,26,27,31,32). The Morgan fingerprint density at radius 3 is 2.70 bits per heavy atom. The Morgan fingerprint density at radius 1 is 1.18 bits per heavy atom. The lowest BCUT2D eigenvalue weighted by molar-refractivity contribution is 0.149. The fourth-order valence-electron chi connectivity index (χ4n) is 4.27. The van der Waals surface area contributed by atoms with E-state index in [-0.39, 0.29) is 11.8 Å². The zero-order valence-electron chi connectivity index (χ0n) is 18.9. The number of hydrogen-bond donors (Lipinski definition) is 3. The summed E-state index contributed by atoms with van der Waals surface area (Å²) >= 11 is 0. The minimum absolute atomic E-state index is 0.245. The summed E-state index contributed by atoms with van der Waals surface area (Å²) in [5.41, 5.74) is 6.03. The molecule has 0 radical (unpaired) electrons. The molecule has 0 saturated carbocycles. The van der Waals surface area contributed by atoms with Gasteiger partial charge in [-0.3, -0.25) is 14.8 Å². The van der Waals surface area contributed by atoms with Gasteiger partial charge in [-0.05, 0) is 62.2 Å². The number of benzene rings is 1. The topological polar surface area (TPSA) is 118 Å². The number of anilines is 1. The molecular weight excluding hydrogens is 422 g/mol. The first-order chi connectivity index (χ1) is 16.1. The third-order valence-corrected chi connectivity index (χ3v) is 6.17. The lowest BCUT2D eigenvalue weighted by Gasteiger charge is -2.31. The maximum absolute atomic E-state index is 12.5. The summed E-state index contributed by atoms with van der Waals surface area (Å²) in [5, 5.41) is 5.90. The van der Waals surface area contributed by atoms with Crippen LogP contribution in [0.3, 0.4) is 0 Å². The summed E-state index contributed by atoms with van der Waals surface area (Å²) in [7, 11) is 0. The molecule has 1 atom stereocenters. The van der Waals surface area contributed by atoms with E-state index in [0.717, 1.165) is 45.0 Å². The summed E-state index contributed by atoms with van der Waals surface area (Å²) in [6, 6.07) is 8.72. The molecule has 2 aromatic rings. The number of rotatable bonds is 7. The van der Waals surface area contributed by atoms with Crippen LogP contribution in [0.15, 0.2) is 41.3 Å². The van der Waals surface area contributed by atoms with Gasteiger partial charge in [0.25, 0.3) is 0 Å². The molecule has 2 aliphatic heterocycles. The van der Waals surface area contributed by atoms with E-state index in [1.165, 1.54) is 17.4 Å². The molecule has 0 bridgehead atoms. The number of nitrogens with zero attached hydrogens (tertiary/aromatic N) is 4. The Bertz CT molecular complexity index is 973. The predicted octanol–water partition coefficient (Wildman–Crippen LogP) is 0.719. The number of carbonyl (C=O) groups excluding carboxylic acids is 1. The van der Waals surface area contributed by atoms with E-state index in [4.69, 9.17) is 10.5 Å². The second-order valence-corrected chi connectivity index (χ2v) is 8.52. The quantitative estimate of drug-likeness (QED) is 0.563. The van der Waals surface area contributed by atoms with Crippen molar-refractivity contribution in [1.29, 1.82) is 0 Å². The SMILES string of the molecule is NCC1CCCN(CCOc2ccc(-n3ccc(NC(=O)N4CCNCC4)nc3=O)cc2)C1. The molecule has 4 rings (SSSR count). The van der Waals surface area contributed by atoms with Gasteiger partial charge < -0.3 is 20.7 Å². The summed E-state index contributed by atoms with van der Waals surface area (Å²) in [4.78, 5) is 32.9. The molecule has 4 N–H and O–H groups in total. The molecule has 33 heavy (non-hydrogen) atoms. The first-order valence-corrected chi connectivity index (χ1v) is 11.6. The monoisotopic (exact) mass is 455 g/mol. The number of carbonyl (C=O) groups is 1. The average molecular weight is 456 g/mol. The van der Waals surface area contributed by atoms with Gasteiger partial charge in [0.15, 0.2) is 0 Å². The summed E-state index contributed by atoms with van der Waals surface area (Å²) in [6.45, 7) is 7.15. The lowest BCUT2D eigenvalue weighted by atomic mass is 9.98. The molecule has 178 valence electrons. The van der Waals surface area contributed by atoms with Crippen molar-refractivity contribution in [3.63, 3.8) is 0 Å². The van der Waals surface area contributed by atoms with Crippen molar-refractivity contribution >= 4 is 11.8 Å². The first kappa shape index (κ1) is 23.2. The van der Waals surface area contributed by atoms with Gasteiger partial charge in [0.05, 0.1) is 5.69 Å². The molecule has 1 aromatic heterocycles. The molecule has 1 aromatic carbocycles. The van der Waals surface area contributed by atoms with Crippen LogP contribution < -0.4 is 26.8 Å². The molecule has 2 fully saturated rings. The third kappa shape index (κ3) is 6.31. The summed E-state index contributed by atoms with van der Waals surface area (Å²) < 4.78 is 7.32. The van der Waals surface area contributed by atoms with Crippen molar-refractivity contribution in [1.82, 2.24) is 24.7 Å². The van der Waals surface area contributed by atoms with Gasteiger partial charge in [-0.25, -0.2) is 9.59 Å². The number of likely N-dealkylation sites (tertiary alicyclic amines) is 1. The van der Waals surface area contributed by atoms with Crippen LogP contribution in [0, 0.1) is 5.92 Å². The van der Waals surface area contributed by atoms with Gasteiger partial charge in [-0.15, -0.1) is 0 Å². The van der Waals surface area contributed by atoms with E-state index < -0.39 is 5.69 Å². The fraction of sp³-hybridized carbons (Fsp3) is 0.522. The number of nitrogens with two attached hydrogens (primary N) is 1. The summed E-state index contributed by atoms with van der Waals surface area (Å²) in [5.74, 6) is 1.59. The zero-order chi connectivity index (χ0) is 23.0. The van der Waals surface area contributed by atoms with Crippen molar-refractivity contribution in [2.24, 2.45) is 11.7 Å². The molecular formula is C23H33N7O3. The first-order valence-electron chi connectivity index (χ1n) is 11.6. The smallest absolute Gasteiger partial charge is 0.354 e. The largest absolute Gasteiger partial charge is 0.492 e. The van der Waals surface area contributed by atoms with Gasteiger partial charge in [0.1, 0.15) is 18.2 Å². The number of piperazine rings is 1. The minimum atomic E-state index is -0.457. The van der Waals surface area contributed by atoms with Gasteiger partial charge >= 0.3 is 11.7 Å². The number of amides is 2. The number of aromatic nitrogens is 2. The maximum atomic E-state index is 12.5. The van der Waals surface area contributed by atoms with Gasteiger partial charge in [0, 0.05) is 45.5 Å². The van der Waals surface area contributed by atoms with Crippen LogP contribution in [0.1, 0.15) is 12.8 Å². The van der Waals surface area contributed by atoms with Crippen LogP contribution >= 0.6 is 0 Å². The highest BCUT2D eigenvalue weighted by atomic mass is 16.5. The molecule has 1 unspecified atom stereocenters. The molecule has 10 nitrogen and oxygen atoms in total. The van der Waals surface area contributed by atoms with E-state index in [1.54, 1.807) is 17.2 Å². The zero-order valence-corrected chi connectivity index (χ0v) is 18.9. The van der Waals surface area contributed by atoms with E-state index in [0.29, 0.717) is 31.3 Å². The van der Waals surface area contributed by atoms with E-state index in [9.17, 15) is 9.59 Å². The number of piperidine rings is 1. The Labute approximate surface area is 193 Å². The summed E-state index contributed by atoms with van der Waals surface area (Å²) in [6.07, 6.45) is 4.02. The van der Waals surface area contributed by atoms with Crippen molar-refractivity contribution in [3.05, 3.63) is 47.0 Å². The van der Waals surface area contributed by atoms with Gasteiger partial charge in [0.2, 0.25) is 0 Å². The molecule has 2 saturated heterocycles. The van der Waals surface area contributed by atoms with Crippen LogP contribution in [0.4, 0.5) is 10.6 Å². The van der Waals surface area contributed by atoms with Crippen LogP contribution in [0.5, 0.6) is 5.75 Å². The highest BCUT2D eigenvalue weighted by Crippen LogP contribution is 2.17. The highest BCUT2D eigenvalue weighted by Gasteiger charge is 2.18. The minimum Gasteiger partial charge on any atom is -0.492 e. The molecule has 3 heterocycles. The maximum Gasteiger partial charge on any atom is 0.354 e. The van der Waals surface area contributed by atoms with Crippen molar-refractivity contribution in [2.75, 3.05) is 64.3 Å². The van der Waals surface area contributed by atoms with Crippen LogP contribution in [-0.2, 0) is 0 Å². The third-order valence-electron chi connectivity index (χ3n) is 6.17. The second-order valence-electron chi connectivity index (χ2n) is 8.52. The number of urea groups is 1. The van der Waals surface area contributed by atoms with E-state index >= 15 is 0 Å². The Hall–Kier alpha value is -2.95. The molecule has 2 amide bonds. The van der Waals surface area contributed by atoms with Crippen molar-refractivity contribution < 1.29 is 9.53 Å². The average Bonchev–Trinajstić information content (AvgIpc) is 2.85. The molecule has 0 spiro atoms. The van der Waals surface area contributed by atoms with Crippen LogP contribution in [0.25, 0.3) is 5.69 Å². The Balaban J connectivity index is 1.30. The fourth-order valence-corrected chi connectivity index (χ4v) is 4.27. The van der Waals surface area contributed by atoms with Gasteiger partial charge in [-0.2, -0.15) is 4.98 Å². The van der Waals surface area contributed by atoms with E-state index in [1.807, 2.05) is 24.3 Å². The molecule has 0 aliphatic carbocycles. The number of nitrogens with one attached hydrogen (secondary N) is 2. The predicted molar refractivity (Wildman–Crippen MR) is 127 cm³/mol. The van der Waals surface area contributed by atoms with Gasteiger partial charge in [-0.1, -0.05) is 0 Å². The number of hydrogen-bond acceptors (Lipinski definition) is 7. The normalized spacial score (nSPS) is 19.3.